The van der Waals surface area contributed by atoms with Crippen LogP contribution in [0, 0.1) is 5.82 Å². The van der Waals surface area contributed by atoms with Crippen LogP contribution in [0.25, 0.3) is 0 Å². The summed E-state index contributed by atoms with van der Waals surface area (Å²) in [5, 5.41) is 0. The van der Waals surface area contributed by atoms with E-state index in [1.165, 1.54) is 15.5 Å². The van der Waals surface area contributed by atoms with Crippen LogP contribution in [0.15, 0.2) is 38.8 Å². The average molecular weight is 437 g/mol. The summed E-state index contributed by atoms with van der Waals surface area (Å²) in [5.41, 5.74) is 4.89. The fourth-order valence-electron chi connectivity index (χ4n) is 3.04. The highest BCUT2D eigenvalue weighted by atomic mass is 32.2. The maximum Gasteiger partial charge on any atom is 0.330 e. The molecular weight excluding hydrogens is 407 g/mol. The molecule has 0 radical (unpaired) electrons. The van der Waals surface area contributed by atoms with Crippen LogP contribution in [0.2, 0.25) is 0 Å². The zero-order valence-electron chi connectivity index (χ0n) is 17.4. The van der Waals surface area contributed by atoms with Gasteiger partial charge in [-0.05, 0) is 25.0 Å². The number of aromatic amines is 1. The highest BCUT2D eigenvalue weighted by Gasteiger charge is 2.24. The Hall–Kier alpha value is -2.55. The lowest BCUT2D eigenvalue weighted by Gasteiger charge is -2.24. The van der Waals surface area contributed by atoms with Crippen molar-refractivity contribution in [2.24, 2.45) is 0 Å². The van der Waals surface area contributed by atoms with Gasteiger partial charge in [0.2, 0.25) is 5.91 Å². The molecule has 0 saturated carbocycles. The molecule has 0 aliphatic heterocycles. The molecule has 0 fully saturated rings. The second-order valence-corrected chi connectivity index (χ2v) is 7.99. The van der Waals surface area contributed by atoms with E-state index in [9.17, 15) is 18.8 Å². The minimum Gasteiger partial charge on any atom is -0.383 e. The predicted octanol–water partition coefficient (Wildman–Crippen LogP) is 3.37. The number of halogens is 1. The Labute approximate surface area is 179 Å². The van der Waals surface area contributed by atoms with E-state index in [-0.39, 0.29) is 23.2 Å². The molecule has 1 aromatic carbocycles. The summed E-state index contributed by atoms with van der Waals surface area (Å²) in [6.07, 6.45) is 4.05. The van der Waals surface area contributed by atoms with Crippen molar-refractivity contribution in [1.29, 1.82) is 0 Å². The third-order valence-corrected chi connectivity index (χ3v) is 5.73. The molecule has 9 heteroatoms. The molecule has 1 heterocycles. The van der Waals surface area contributed by atoms with Crippen molar-refractivity contribution >= 4 is 29.2 Å². The van der Waals surface area contributed by atoms with Gasteiger partial charge < -0.3 is 10.6 Å². The number of carbonyl (C=O) groups excluding carboxylic acids is 1. The molecule has 1 aromatic heterocycles. The first-order chi connectivity index (χ1) is 14.4. The molecule has 1 amide bonds. The minimum atomic E-state index is -0.689. The van der Waals surface area contributed by atoms with Crippen molar-refractivity contribution in [2.45, 2.75) is 57.4 Å². The summed E-state index contributed by atoms with van der Waals surface area (Å²) >= 11 is 1.06. The van der Waals surface area contributed by atoms with Gasteiger partial charge in [-0.15, -0.1) is 11.8 Å². The largest absolute Gasteiger partial charge is 0.383 e. The molecule has 0 aliphatic carbocycles. The van der Waals surface area contributed by atoms with E-state index in [0.717, 1.165) is 31.0 Å². The van der Waals surface area contributed by atoms with E-state index in [0.29, 0.717) is 30.8 Å². The normalized spacial score (nSPS) is 10.9. The highest BCUT2D eigenvalue weighted by molar-refractivity contribution is 8.00. The smallest absolute Gasteiger partial charge is 0.330 e. The Kier molecular flexibility index (Phi) is 9.16. The van der Waals surface area contributed by atoms with Crippen LogP contribution < -0.4 is 21.9 Å². The first-order valence-electron chi connectivity index (χ1n) is 10.2. The summed E-state index contributed by atoms with van der Waals surface area (Å²) in [5.74, 6) is -0.839. The standard InChI is InChI=1S/C21H29FN4O3S/c1-3-5-9-13-25(17(27)14-30-16-11-8-7-10-15(16)22)18-19(23)26(12-6-4-2)21(29)24-20(18)28/h7-8,10-11H,3-6,9,12-14,23H2,1-2H3,(H,24,28,29). The molecule has 0 bridgehead atoms. The van der Waals surface area contributed by atoms with Crippen LogP contribution in [0.5, 0.6) is 0 Å². The molecule has 164 valence electrons. The third-order valence-electron chi connectivity index (χ3n) is 4.69. The molecular formula is C21H29FN4O3S. The summed E-state index contributed by atoms with van der Waals surface area (Å²) in [4.78, 5) is 41.8. The molecule has 0 aliphatic rings. The van der Waals surface area contributed by atoms with Gasteiger partial charge in [0.05, 0.1) is 5.75 Å². The zero-order valence-corrected chi connectivity index (χ0v) is 18.3. The van der Waals surface area contributed by atoms with Gasteiger partial charge in [-0.25, -0.2) is 9.18 Å². The number of benzene rings is 1. The number of nitrogens with one attached hydrogen (secondary N) is 1. The highest BCUT2D eigenvalue weighted by Crippen LogP contribution is 2.24. The second-order valence-electron chi connectivity index (χ2n) is 6.97. The topological polar surface area (TPSA) is 101 Å². The Morgan fingerprint density at radius 3 is 2.53 bits per heavy atom. The zero-order chi connectivity index (χ0) is 22.1. The molecule has 0 unspecified atom stereocenters. The minimum absolute atomic E-state index is 0.0130. The number of nitrogens with two attached hydrogens (primary N) is 1. The quantitative estimate of drug-likeness (QED) is 0.415. The van der Waals surface area contributed by atoms with Crippen LogP contribution in [-0.2, 0) is 11.3 Å². The van der Waals surface area contributed by atoms with Crippen LogP contribution in [0.4, 0.5) is 15.9 Å². The molecule has 30 heavy (non-hydrogen) atoms. The van der Waals surface area contributed by atoms with Gasteiger partial charge in [-0.3, -0.25) is 19.1 Å². The lowest BCUT2D eigenvalue weighted by atomic mass is 10.2. The third kappa shape index (κ3) is 5.98. The molecule has 2 aromatic rings. The maximum absolute atomic E-state index is 13.9. The Morgan fingerprint density at radius 1 is 1.17 bits per heavy atom. The van der Waals surface area contributed by atoms with Crippen molar-refractivity contribution in [3.63, 3.8) is 0 Å². The molecule has 2 rings (SSSR count). The summed E-state index contributed by atoms with van der Waals surface area (Å²) in [6.45, 7) is 4.66. The van der Waals surface area contributed by atoms with Crippen LogP contribution in [-0.4, -0.2) is 27.8 Å². The van der Waals surface area contributed by atoms with Gasteiger partial charge in [0.25, 0.3) is 5.56 Å². The molecule has 0 saturated heterocycles. The number of unbranched alkanes of at least 4 members (excludes halogenated alkanes) is 3. The fraction of sp³-hybridized carbons (Fsp3) is 0.476. The van der Waals surface area contributed by atoms with E-state index in [1.807, 2.05) is 13.8 Å². The van der Waals surface area contributed by atoms with Crippen molar-refractivity contribution in [1.82, 2.24) is 9.55 Å². The number of rotatable bonds is 11. The van der Waals surface area contributed by atoms with Crippen molar-refractivity contribution < 1.29 is 9.18 Å². The maximum atomic E-state index is 13.9. The number of hydrogen-bond acceptors (Lipinski definition) is 5. The molecule has 3 N–H and O–H groups in total. The molecule has 0 spiro atoms. The SMILES string of the molecule is CCCCCN(C(=O)CSc1ccccc1F)c1c(N)n(CCCC)c(=O)[nH]c1=O. The lowest BCUT2D eigenvalue weighted by molar-refractivity contribution is -0.116. The Bertz CT molecular complexity index is 973. The average Bonchev–Trinajstić information content (AvgIpc) is 2.71. The van der Waals surface area contributed by atoms with Gasteiger partial charge in [-0.2, -0.15) is 0 Å². The summed E-state index contributed by atoms with van der Waals surface area (Å²) < 4.78 is 15.2. The van der Waals surface area contributed by atoms with Gasteiger partial charge in [0.15, 0.2) is 5.69 Å². The first-order valence-corrected chi connectivity index (χ1v) is 11.2. The number of nitrogen functional groups attached to an aromatic ring is 1. The van der Waals surface area contributed by atoms with Crippen LogP contribution >= 0.6 is 11.8 Å². The second kappa shape index (κ2) is 11.6. The van der Waals surface area contributed by atoms with E-state index >= 15 is 0 Å². The van der Waals surface area contributed by atoms with Crippen molar-refractivity contribution in [3.8, 4) is 0 Å². The van der Waals surface area contributed by atoms with Crippen molar-refractivity contribution in [2.75, 3.05) is 22.9 Å². The number of thioether (sulfide) groups is 1. The monoisotopic (exact) mass is 436 g/mol. The number of aromatic nitrogens is 2. The van der Waals surface area contributed by atoms with Gasteiger partial charge >= 0.3 is 5.69 Å². The van der Waals surface area contributed by atoms with Gasteiger partial charge in [0, 0.05) is 18.0 Å². The molecule has 0 atom stereocenters. The van der Waals surface area contributed by atoms with E-state index in [2.05, 4.69) is 4.98 Å². The molecule has 7 nitrogen and oxygen atoms in total. The fourth-order valence-corrected chi connectivity index (χ4v) is 3.85. The number of carbonyl (C=O) groups is 1. The Morgan fingerprint density at radius 2 is 1.87 bits per heavy atom. The van der Waals surface area contributed by atoms with Crippen LogP contribution in [0.3, 0.4) is 0 Å². The van der Waals surface area contributed by atoms with Crippen molar-refractivity contribution in [3.05, 3.63) is 50.9 Å². The Balaban J connectivity index is 2.36. The first kappa shape index (κ1) is 23.7. The van der Waals surface area contributed by atoms with Crippen LogP contribution in [0.1, 0.15) is 46.0 Å². The number of H-pyrrole nitrogens is 1. The van der Waals surface area contributed by atoms with E-state index in [1.54, 1.807) is 18.2 Å². The number of amides is 1. The van der Waals surface area contributed by atoms with E-state index in [4.69, 9.17) is 5.73 Å². The van der Waals surface area contributed by atoms with E-state index < -0.39 is 17.1 Å². The summed E-state index contributed by atoms with van der Waals surface area (Å²) in [7, 11) is 0. The number of hydrogen-bond donors (Lipinski definition) is 2. The number of nitrogens with zero attached hydrogens (tertiary/aromatic N) is 2. The van der Waals surface area contributed by atoms with Gasteiger partial charge in [0.1, 0.15) is 11.6 Å². The lowest BCUT2D eigenvalue weighted by Crippen LogP contribution is -2.42. The van der Waals surface area contributed by atoms with Gasteiger partial charge in [-0.1, -0.05) is 45.2 Å². The predicted molar refractivity (Wildman–Crippen MR) is 120 cm³/mol. The number of anilines is 2. The summed E-state index contributed by atoms with van der Waals surface area (Å²) in [6, 6.07) is 6.21.